The van der Waals surface area contributed by atoms with E-state index in [1.807, 2.05) is 30.3 Å². The minimum absolute atomic E-state index is 0.0645. The zero-order valence-corrected chi connectivity index (χ0v) is 22.8. The van der Waals surface area contributed by atoms with Gasteiger partial charge in [0.25, 0.3) is 0 Å². The molecule has 11 heteroatoms. The monoisotopic (exact) mass is 573 g/mol. The fraction of sp³-hybridized carbons (Fsp3) is 0.214. The molecule has 4 rings (SSSR count). The fourth-order valence-electron chi connectivity index (χ4n) is 3.59. The van der Waals surface area contributed by atoms with Crippen LogP contribution in [0.4, 0.5) is 8.78 Å². The van der Waals surface area contributed by atoms with Crippen molar-refractivity contribution in [1.29, 1.82) is 0 Å². The number of nitrogens with one attached hydrogen (secondary N) is 1. The van der Waals surface area contributed by atoms with Crippen molar-refractivity contribution in [2.75, 3.05) is 6.54 Å². The van der Waals surface area contributed by atoms with Gasteiger partial charge in [-0.25, -0.2) is 9.88 Å². The lowest BCUT2D eigenvalue weighted by Crippen LogP contribution is -2.32. The fourth-order valence-corrected chi connectivity index (χ4v) is 6.14. The predicted octanol–water partition coefficient (Wildman–Crippen LogP) is 7.12. The zero-order chi connectivity index (χ0) is 28.0. The van der Waals surface area contributed by atoms with E-state index >= 15 is 8.78 Å². The van der Waals surface area contributed by atoms with Crippen molar-refractivity contribution in [3.05, 3.63) is 101 Å². The number of alkyl halides is 2. The molecule has 0 saturated carbocycles. The number of rotatable bonds is 11. The van der Waals surface area contributed by atoms with Gasteiger partial charge < -0.3 is 14.0 Å². The van der Waals surface area contributed by atoms with E-state index in [-0.39, 0.29) is 17.2 Å². The van der Waals surface area contributed by atoms with E-state index in [0.717, 1.165) is 29.0 Å². The molecule has 0 fully saturated rings. The van der Waals surface area contributed by atoms with Crippen LogP contribution in [0.5, 0.6) is 5.75 Å². The summed E-state index contributed by atoms with van der Waals surface area (Å²) in [6.45, 7) is 2.53. The van der Waals surface area contributed by atoms with Crippen LogP contribution in [0.15, 0.2) is 84.9 Å². The molecule has 0 aliphatic carbocycles. The third kappa shape index (κ3) is 6.89. The second-order valence-corrected chi connectivity index (χ2v) is 12.0. The average molecular weight is 574 g/mol. The predicted molar refractivity (Wildman–Crippen MR) is 145 cm³/mol. The van der Waals surface area contributed by atoms with E-state index in [4.69, 9.17) is 14.0 Å². The number of thiophene rings is 1. The summed E-state index contributed by atoms with van der Waals surface area (Å²) >= 11 is 1.09. The summed E-state index contributed by atoms with van der Waals surface area (Å²) in [6, 6.07) is 21.8. The maximum absolute atomic E-state index is 15.9. The number of hydrogen-bond acceptors (Lipinski definition) is 7. The Morgan fingerprint density at radius 2 is 1.64 bits per heavy atom. The number of carbonyl (C=O) groups is 2. The first-order chi connectivity index (χ1) is 18.6. The van der Waals surface area contributed by atoms with Gasteiger partial charge in [-0.2, -0.15) is 8.78 Å². The van der Waals surface area contributed by atoms with Crippen LogP contribution < -0.4 is 9.61 Å². The SMILES string of the molecule is CC(C)OC(=O)CNP(=O)(Oc1ccccc1)C(F)(F)c1ccc2sc(C(=O)OCc3ccccc3)cc2c1. The van der Waals surface area contributed by atoms with Crippen LogP contribution in [0, 0.1) is 0 Å². The number of halogens is 2. The molecule has 0 bridgehead atoms. The van der Waals surface area contributed by atoms with Crippen LogP contribution in [-0.2, 0) is 31.1 Å². The lowest BCUT2D eigenvalue weighted by atomic mass is 10.1. The van der Waals surface area contributed by atoms with Gasteiger partial charge >= 0.3 is 25.1 Å². The Balaban J connectivity index is 1.59. The molecule has 1 unspecified atom stereocenters. The van der Waals surface area contributed by atoms with Gasteiger partial charge in [0.1, 0.15) is 23.8 Å². The number of fused-ring (bicyclic) bond motifs is 1. The number of benzene rings is 3. The Kier molecular flexibility index (Phi) is 8.80. The molecule has 0 radical (unpaired) electrons. The minimum atomic E-state index is -5.07. The van der Waals surface area contributed by atoms with Gasteiger partial charge in [-0.1, -0.05) is 54.6 Å². The van der Waals surface area contributed by atoms with E-state index in [9.17, 15) is 14.2 Å². The smallest absolute Gasteiger partial charge is 0.390 e. The van der Waals surface area contributed by atoms with Crippen LogP contribution in [0.25, 0.3) is 10.1 Å². The van der Waals surface area contributed by atoms with Crippen LogP contribution in [0.2, 0.25) is 0 Å². The zero-order valence-electron chi connectivity index (χ0n) is 21.1. The summed E-state index contributed by atoms with van der Waals surface area (Å²) < 4.78 is 61.7. The second-order valence-electron chi connectivity index (χ2n) is 8.80. The van der Waals surface area contributed by atoms with Crippen molar-refractivity contribution < 1.29 is 36.9 Å². The van der Waals surface area contributed by atoms with Crippen molar-refractivity contribution >= 4 is 40.9 Å². The van der Waals surface area contributed by atoms with Crippen LogP contribution in [0.1, 0.15) is 34.6 Å². The third-order valence-corrected chi connectivity index (χ3v) is 8.56. The van der Waals surface area contributed by atoms with Crippen LogP contribution in [0.3, 0.4) is 0 Å². The summed E-state index contributed by atoms with van der Waals surface area (Å²) in [5.41, 5.74) is -3.85. The lowest BCUT2D eigenvalue weighted by Gasteiger charge is -2.28. The largest absolute Gasteiger partial charge is 0.462 e. The maximum Gasteiger partial charge on any atom is 0.390 e. The van der Waals surface area contributed by atoms with Crippen molar-refractivity contribution in [3.8, 4) is 5.75 Å². The standard InChI is InChI=1S/C28H26F2NO6PS/c1-19(2)36-26(32)17-31-38(34,37-23-11-7-4-8-12-23)28(29,30)22-13-14-24-21(15-22)16-25(39-24)27(33)35-18-20-9-5-3-6-10-20/h3-16,19H,17-18H2,1-2H3,(H,31,34). The van der Waals surface area contributed by atoms with Gasteiger partial charge in [-0.15, -0.1) is 11.3 Å². The number of esters is 2. The first-order valence-electron chi connectivity index (χ1n) is 12.0. The lowest BCUT2D eigenvalue weighted by molar-refractivity contribution is -0.145. The second kappa shape index (κ2) is 12.1. The number of ether oxygens (including phenoxy) is 2. The Morgan fingerprint density at radius 1 is 0.974 bits per heavy atom. The van der Waals surface area contributed by atoms with Gasteiger partial charge in [0, 0.05) is 10.3 Å². The number of carbonyl (C=O) groups excluding carboxylic acids is 2. The highest BCUT2D eigenvalue weighted by atomic mass is 32.1. The average Bonchev–Trinajstić information content (AvgIpc) is 3.35. The topological polar surface area (TPSA) is 90.9 Å². The Labute approximate surface area is 228 Å². The molecule has 39 heavy (non-hydrogen) atoms. The van der Waals surface area contributed by atoms with E-state index in [2.05, 4.69) is 5.09 Å². The molecular formula is C28H26F2NO6PS. The molecule has 1 heterocycles. The molecule has 0 aliphatic heterocycles. The highest BCUT2D eigenvalue weighted by molar-refractivity contribution is 7.58. The van der Waals surface area contributed by atoms with Gasteiger partial charge in [0.2, 0.25) is 0 Å². The molecule has 0 aliphatic rings. The maximum atomic E-state index is 15.9. The summed E-state index contributed by atoms with van der Waals surface area (Å²) in [4.78, 5) is 24.9. The number of hydrogen-bond donors (Lipinski definition) is 1. The summed E-state index contributed by atoms with van der Waals surface area (Å²) in [5.74, 6) is -1.51. The van der Waals surface area contributed by atoms with Crippen molar-refractivity contribution in [1.82, 2.24) is 5.09 Å². The molecule has 1 atom stereocenters. The third-order valence-electron chi connectivity index (χ3n) is 5.42. The molecule has 0 spiro atoms. The Bertz CT molecular complexity index is 1490. The highest BCUT2D eigenvalue weighted by Crippen LogP contribution is 2.63. The Morgan fingerprint density at radius 3 is 2.31 bits per heavy atom. The molecule has 1 N–H and O–H groups in total. The first kappa shape index (κ1) is 28.4. The first-order valence-corrected chi connectivity index (χ1v) is 14.4. The van der Waals surface area contributed by atoms with E-state index in [1.54, 1.807) is 32.0 Å². The molecule has 7 nitrogen and oxygen atoms in total. The summed E-state index contributed by atoms with van der Waals surface area (Å²) in [7, 11) is -5.07. The molecule has 4 aromatic rings. The van der Waals surface area contributed by atoms with E-state index < -0.39 is 43.3 Å². The van der Waals surface area contributed by atoms with E-state index in [1.165, 1.54) is 24.3 Å². The minimum Gasteiger partial charge on any atom is -0.462 e. The molecular weight excluding hydrogens is 547 g/mol. The molecule has 1 aromatic heterocycles. The molecule has 3 aromatic carbocycles. The molecule has 0 saturated heterocycles. The van der Waals surface area contributed by atoms with E-state index in [0.29, 0.717) is 10.1 Å². The number of para-hydroxylation sites is 1. The quantitative estimate of drug-likeness (QED) is 0.151. The summed E-state index contributed by atoms with van der Waals surface area (Å²) in [5, 5.41) is 2.47. The normalized spacial score (nSPS) is 13.2. The Hall–Kier alpha value is -3.59. The molecule has 0 amide bonds. The van der Waals surface area contributed by atoms with Gasteiger partial charge in [0.05, 0.1) is 6.10 Å². The van der Waals surface area contributed by atoms with Gasteiger partial charge in [-0.3, -0.25) is 9.36 Å². The molecule has 204 valence electrons. The van der Waals surface area contributed by atoms with Gasteiger partial charge in [0.15, 0.2) is 0 Å². The van der Waals surface area contributed by atoms with Gasteiger partial charge in [-0.05, 0) is 55.1 Å². The van der Waals surface area contributed by atoms with Crippen molar-refractivity contribution in [2.45, 2.75) is 32.2 Å². The summed E-state index contributed by atoms with van der Waals surface area (Å²) in [6.07, 6.45) is -0.483. The van der Waals surface area contributed by atoms with Crippen molar-refractivity contribution in [3.63, 3.8) is 0 Å². The highest BCUT2D eigenvalue weighted by Gasteiger charge is 2.55. The van der Waals surface area contributed by atoms with Crippen molar-refractivity contribution in [2.24, 2.45) is 0 Å². The van der Waals surface area contributed by atoms with Crippen LogP contribution >= 0.6 is 18.9 Å². The van der Waals surface area contributed by atoms with Crippen LogP contribution in [-0.4, -0.2) is 24.6 Å².